The Morgan fingerprint density at radius 3 is 3.00 bits per heavy atom. The van der Waals surface area contributed by atoms with Crippen LogP contribution in [0.4, 0.5) is 10.1 Å². The molecule has 0 spiro atoms. The number of fused-ring (bicyclic) bond motifs is 1. The van der Waals surface area contributed by atoms with Crippen LogP contribution in [0.15, 0.2) is 18.2 Å². The molecule has 1 aromatic rings. The van der Waals surface area contributed by atoms with Crippen LogP contribution in [0.25, 0.3) is 0 Å². The minimum Gasteiger partial charge on any atom is -0.380 e. The predicted molar refractivity (Wildman–Crippen MR) is 67.8 cm³/mol. The Bertz CT molecular complexity index is 489. The molecular formula is C14H17FN2O. The molecular weight excluding hydrogens is 231 g/mol. The van der Waals surface area contributed by atoms with E-state index in [0.29, 0.717) is 12.1 Å². The first-order valence-electron chi connectivity index (χ1n) is 6.51. The molecule has 3 rings (SSSR count). The average Bonchev–Trinajstić information content (AvgIpc) is 2.76. The second-order valence-electron chi connectivity index (χ2n) is 5.19. The predicted octanol–water partition coefficient (Wildman–Crippen LogP) is 2.69. The van der Waals surface area contributed by atoms with E-state index in [9.17, 15) is 9.18 Å². The number of likely N-dealkylation sites (tertiary alicyclic amines) is 1. The lowest BCUT2D eigenvalue weighted by atomic mass is 9.92. The van der Waals surface area contributed by atoms with Gasteiger partial charge in [-0.3, -0.25) is 4.79 Å². The zero-order chi connectivity index (χ0) is 12.7. The highest BCUT2D eigenvalue weighted by molar-refractivity contribution is 5.79. The lowest BCUT2D eigenvalue weighted by Gasteiger charge is -2.37. The normalized spacial score (nSPS) is 27.0. The summed E-state index contributed by atoms with van der Waals surface area (Å²) in [5.41, 5.74) is 1.49. The molecule has 0 aromatic heterocycles. The third kappa shape index (κ3) is 1.76. The first kappa shape index (κ1) is 11.5. The molecule has 3 nitrogen and oxygen atoms in total. The van der Waals surface area contributed by atoms with Gasteiger partial charge in [0.25, 0.3) is 0 Å². The van der Waals surface area contributed by atoms with Crippen LogP contribution < -0.4 is 5.32 Å². The van der Waals surface area contributed by atoms with E-state index in [1.165, 1.54) is 6.07 Å². The molecule has 18 heavy (non-hydrogen) atoms. The molecule has 1 aromatic carbocycles. The number of hydrogen-bond acceptors (Lipinski definition) is 2. The molecule has 0 saturated carbocycles. The van der Waals surface area contributed by atoms with Crippen molar-refractivity contribution in [1.29, 1.82) is 0 Å². The van der Waals surface area contributed by atoms with E-state index < -0.39 is 0 Å². The number of nitrogens with zero attached hydrogens (tertiary/aromatic N) is 1. The molecule has 2 atom stereocenters. The van der Waals surface area contributed by atoms with Crippen LogP contribution in [-0.4, -0.2) is 23.4 Å². The summed E-state index contributed by atoms with van der Waals surface area (Å²) in [6, 6.07) is 5.33. The van der Waals surface area contributed by atoms with Gasteiger partial charge in [0.15, 0.2) is 0 Å². The fraction of sp³-hybridized carbons (Fsp3) is 0.500. The monoisotopic (exact) mass is 248 g/mol. The lowest BCUT2D eigenvalue weighted by molar-refractivity contribution is -0.130. The smallest absolute Gasteiger partial charge is 0.223 e. The standard InChI is InChI=1S/C14H17FN2O/c1-9-8-12(17-7-3-6-13(17)18)10-4-2-5-11(15)14(10)16-9/h2,4-5,9,12,16H,3,6-8H2,1H3/t9-,12+/m1/s1. The lowest BCUT2D eigenvalue weighted by Crippen LogP contribution is -2.37. The fourth-order valence-corrected chi connectivity index (χ4v) is 3.03. The maximum absolute atomic E-state index is 13.8. The van der Waals surface area contributed by atoms with Crippen molar-refractivity contribution < 1.29 is 9.18 Å². The largest absolute Gasteiger partial charge is 0.380 e. The van der Waals surface area contributed by atoms with Gasteiger partial charge in [0.1, 0.15) is 5.82 Å². The van der Waals surface area contributed by atoms with E-state index in [0.717, 1.165) is 24.9 Å². The topological polar surface area (TPSA) is 32.3 Å². The maximum Gasteiger partial charge on any atom is 0.223 e. The number of amides is 1. The number of hydrogen-bond donors (Lipinski definition) is 1. The number of halogens is 1. The van der Waals surface area contributed by atoms with Gasteiger partial charge in [-0.1, -0.05) is 12.1 Å². The molecule has 0 bridgehead atoms. The molecule has 96 valence electrons. The van der Waals surface area contributed by atoms with E-state index in [2.05, 4.69) is 5.32 Å². The third-order valence-electron chi connectivity index (χ3n) is 3.86. The fourth-order valence-electron chi connectivity index (χ4n) is 3.03. The molecule has 1 fully saturated rings. The van der Waals surface area contributed by atoms with E-state index >= 15 is 0 Å². The van der Waals surface area contributed by atoms with Crippen LogP contribution in [0.5, 0.6) is 0 Å². The van der Waals surface area contributed by atoms with Gasteiger partial charge in [0.05, 0.1) is 11.7 Å². The molecule has 1 N–H and O–H groups in total. The number of nitrogens with one attached hydrogen (secondary N) is 1. The number of anilines is 1. The van der Waals surface area contributed by atoms with Gasteiger partial charge in [-0.05, 0) is 25.8 Å². The first-order chi connectivity index (χ1) is 8.66. The van der Waals surface area contributed by atoms with Crippen molar-refractivity contribution in [3.63, 3.8) is 0 Å². The van der Waals surface area contributed by atoms with Gasteiger partial charge >= 0.3 is 0 Å². The molecule has 0 unspecified atom stereocenters. The van der Waals surface area contributed by atoms with Crippen LogP contribution in [-0.2, 0) is 4.79 Å². The van der Waals surface area contributed by atoms with Gasteiger partial charge in [-0.2, -0.15) is 0 Å². The first-order valence-corrected chi connectivity index (χ1v) is 6.51. The van der Waals surface area contributed by atoms with E-state index in [4.69, 9.17) is 0 Å². The molecule has 0 aliphatic carbocycles. The maximum atomic E-state index is 13.8. The quantitative estimate of drug-likeness (QED) is 0.828. The summed E-state index contributed by atoms with van der Waals surface area (Å²) in [5, 5.41) is 3.18. The van der Waals surface area contributed by atoms with Crippen molar-refractivity contribution in [2.75, 3.05) is 11.9 Å². The molecule has 0 radical (unpaired) electrons. The molecule has 2 heterocycles. The van der Waals surface area contributed by atoms with Gasteiger partial charge < -0.3 is 10.2 Å². The summed E-state index contributed by atoms with van der Waals surface area (Å²) >= 11 is 0. The molecule has 2 aliphatic rings. The van der Waals surface area contributed by atoms with Crippen LogP contribution in [0.2, 0.25) is 0 Å². The number of carbonyl (C=O) groups excluding carboxylic acids is 1. The Hall–Kier alpha value is -1.58. The van der Waals surface area contributed by atoms with Crippen LogP contribution in [0, 0.1) is 5.82 Å². The van der Waals surface area contributed by atoms with E-state index in [1.54, 1.807) is 6.07 Å². The van der Waals surface area contributed by atoms with Crippen molar-refractivity contribution in [3.8, 4) is 0 Å². The zero-order valence-electron chi connectivity index (χ0n) is 10.4. The summed E-state index contributed by atoms with van der Waals surface area (Å²) in [7, 11) is 0. The highest BCUT2D eigenvalue weighted by Crippen LogP contribution is 2.39. The summed E-state index contributed by atoms with van der Waals surface area (Å²) in [6.45, 7) is 2.83. The summed E-state index contributed by atoms with van der Waals surface area (Å²) in [4.78, 5) is 13.8. The number of rotatable bonds is 1. The molecule has 1 saturated heterocycles. The average molecular weight is 248 g/mol. The van der Waals surface area contributed by atoms with Gasteiger partial charge in [-0.15, -0.1) is 0 Å². The zero-order valence-corrected chi connectivity index (χ0v) is 10.4. The number of carbonyl (C=O) groups is 1. The summed E-state index contributed by atoms with van der Waals surface area (Å²) in [6.07, 6.45) is 2.40. The van der Waals surface area contributed by atoms with Crippen molar-refractivity contribution in [2.24, 2.45) is 0 Å². The Morgan fingerprint density at radius 1 is 1.44 bits per heavy atom. The summed E-state index contributed by atoms with van der Waals surface area (Å²) < 4.78 is 13.8. The summed E-state index contributed by atoms with van der Waals surface area (Å²) in [5.74, 6) is -0.0278. The molecule has 1 amide bonds. The van der Waals surface area contributed by atoms with Gasteiger partial charge in [0, 0.05) is 24.6 Å². The van der Waals surface area contributed by atoms with Crippen molar-refractivity contribution in [1.82, 2.24) is 4.90 Å². The Balaban J connectivity index is 2.02. The van der Waals surface area contributed by atoms with Crippen LogP contribution in [0.3, 0.4) is 0 Å². The second kappa shape index (κ2) is 4.26. The third-order valence-corrected chi connectivity index (χ3v) is 3.86. The van der Waals surface area contributed by atoms with Crippen molar-refractivity contribution in [2.45, 2.75) is 38.3 Å². The molecule has 4 heteroatoms. The SMILES string of the molecule is C[C@@H]1C[C@H](N2CCCC2=O)c2cccc(F)c2N1. The van der Waals surface area contributed by atoms with Crippen molar-refractivity contribution in [3.05, 3.63) is 29.6 Å². The van der Waals surface area contributed by atoms with Crippen LogP contribution >= 0.6 is 0 Å². The highest BCUT2D eigenvalue weighted by Gasteiger charge is 2.34. The van der Waals surface area contributed by atoms with Crippen LogP contribution in [0.1, 0.15) is 37.8 Å². The second-order valence-corrected chi connectivity index (χ2v) is 5.19. The Morgan fingerprint density at radius 2 is 2.28 bits per heavy atom. The highest BCUT2D eigenvalue weighted by atomic mass is 19.1. The Labute approximate surface area is 106 Å². The minimum absolute atomic E-state index is 0.0296. The van der Waals surface area contributed by atoms with Gasteiger partial charge in [-0.25, -0.2) is 4.39 Å². The molecule has 2 aliphatic heterocycles. The number of para-hydroxylation sites is 1. The van der Waals surface area contributed by atoms with E-state index in [1.807, 2.05) is 17.9 Å². The van der Waals surface area contributed by atoms with E-state index in [-0.39, 0.29) is 23.8 Å². The van der Waals surface area contributed by atoms with Crippen molar-refractivity contribution >= 4 is 11.6 Å². The van der Waals surface area contributed by atoms with Gasteiger partial charge in [0.2, 0.25) is 5.91 Å². The number of benzene rings is 1. The Kier molecular flexibility index (Phi) is 2.73. The minimum atomic E-state index is -0.226.